The van der Waals surface area contributed by atoms with Crippen molar-refractivity contribution < 1.29 is 28.7 Å². The van der Waals surface area contributed by atoms with Gasteiger partial charge in [0.2, 0.25) is 0 Å². The minimum absolute atomic E-state index is 0.0303. The van der Waals surface area contributed by atoms with Crippen LogP contribution in [0.4, 0.5) is 10.5 Å². The zero-order valence-corrected chi connectivity index (χ0v) is 17.8. The highest BCUT2D eigenvalue weighted by atomic mass is 16.7. The highest BCUT2D eigenvalue weighted by Crippen LogP contribution is 2.36. The minimum atomic E-state index is -0.846. The van der Waals surface area contributed by atoms with Gasteiger partial charge < -0.3 is 18.9 Å². The molecule has 170 valence electrons. The molecule has 4 rings (SSSR count). The van der Waals surface area contributed by atoms with Gasteiger partial charge in [0.15, 0.2) is 6.29 Å². The molecule has 2 aromatic rings. The molecule has 2 fully saturated rings. The summed E-state index contributed by atoms with van der Waals surface area (Å²) < 4.78 is 22.6. The van der Waals surface area contributed by atoms with Crippen LogP contribution in [0.1, 0.15) is 18.9 Å². The quantitative estimate of drug-likeness (QED) is 0.277. The van der Waals surface area contributed by atoms with Gasteiger partial charge in [-0.3, -0.25) is 15.0 Å². The monoisotopic (exact) mass is 442 g/mol. The second-order valence-corrected chi connectivity index (χ2v) is 7.81. The lowest BCUT2D eigenvalue weighted by molar-refractivity contribution is -0.384. The second-order valence-electron chi connectivity index (χ2n) is 7.81. The van der Waals surface area contributed by atoms with Gasteiger partial charge in [-0.2, -0.15) is 0 Å². The molecule has 0 aliphatic carbocycles. The third-order valence-corrected chi connectivity index (χ3v) is 5.90. The van der Waals surface area contributed by atoms with Crippen LogP contribution in [0.15, 0.2) is 54.6 Å². The second kappa shape index (κ2) is 10.1. The number of nitrogens with zero attached hydrogens (tertiary/aromatic N) is 2. The summed E-state index contributed by atoms with van der Waals surface area (Å²) in [6.07, 6.45) is -1.16. The Morgan fingerprint density at radius 1 is 1.16 bits per heavy atom. The number of benzene rings is 2. The van der Waals surface area contributed by atoms with E-state index in [1.807, 2.05) is 18.2 Å². The van der Waals surface area contributed by atoms with Crippen molar-refractivity contribution in [3.05, 3.63) is 70.3 Å². The van der Waals surface area contributed by atoms with Crippen LogP contribution in [0.5, 0.6) is 5.75 Å². The molecule has 0 radical (unpaired) electrons. The molecule has 0 saturated carbocycles. The first-order chi connectivity index (χ1) is 15.5. The summed E-state index contributed by atoms with van der Waals surface area (Å²) in [7, 11) is 0. The lowest BCUT2D eigenvalue weighted by Crippen LogP contribution is -2.50. The van der Waals surface area contributed by atoms with E-state index < -0.39 is 23.5 Å². The molecule has 2 aliphatic heterocycles. The van der Waals surface area contributed by atoms with Crippen molar-refractivity contribution in [2.75, 3.05) is 19.8 Å². The lowest BCUT2D eigenvalue weighted by atomic mass is 9.90. The minimum Gasteiger partial charge on any atom is -0.430 e. The number of ether oxygens (including phenoxy) is 4. The fourth-order valence-corrected chi connectivity index (χ4v) is 4.32. The summed E-state index contributed by atoms with van der Waals surface area (Å²) in [6.45, 7) is 4.58. The average Bonchev–Trinajstić information content (AvgIpc) is 3.23. The van der Waals surface area contributed by atoms with Gasteiger partial charge >= 0.3 is 6.16 Å². The van der Waals surface area contributed by atoms with Gasteiger partial charge in [0, 0.05) is 31.1 Å². The number of fused-ring (bicyclic) bond motifs is 1. The van der Waals surface area contributed by atoms with E-state index in [1.165, 1.54) is 29.8 Å². The van der Waals surface area contributed by atoms with Gasteiger partial charge in [-0.05, 0) is 24.2 Å². The Morgan fingerprint density at radius 3 is 2.59 bits per heavy atom. The van der Waals surface area contributed by atoms with Crippen LogP contribution in [0.2, 0.25) is 0 Å². The number of non-ortho nitro benzene ring substituents is 1. The van der Waals surface area contributed by atoms with Crippen LogP contribution in [0, 0.1) is 16.0 Å². The molecule has 0 bridgehead atoms. The third kappa shape index (κ3) is 5.07. The Balaban J connectivity index is 1.42. The smallest absolute Gasteiger partial charge is 0.430 e. The number of rotatable bonds is 7. The van der Waals surface area contributed by atoms with Gasteiger partial charge in [-0.15, -0.1) is 0 Å². The van der Waals surface area contributed by atoms with Crippen LogP contribution in [-0.2, 0) is 20.8 Å². The Kier molecular flexibility index (Phi) is 6.99. The standard InChI is InChI=1S/C23H26N2O7/c1-2-24(14-16-6-4-3-5-7-16)19-15-30-22-21(19)20(12-13-29-22)32-23(26)31-18-10-8-17(9-11-18)25(27)28/h3-11,19-22H,2,12-15H2,1H3/t19-,20-,21+,22-/m0/s1. The normalized spacial score (nSPS) is 24.7. The van der Waals surface area contributed by atoms with E-state index in [1.54, 1.807) is 0 Å². The van der Waals surface area contributed by atoms with Gasteiger partial charge in [-0.25, -0.2) is 4.79 Å². The number of nitro benzene ring substituents is 1. The van der Waals surface area contributed by atoms with Gasteiger partial charge in [-0.1, -0.05) is 37.3 Å². The zero-order chi connectivity index (χ0) is 22.5. The van der Waals surface area contributed by atoms with E-state index in [9.17, 15) is 14.9 Å². The molecule has 9 nitrogen and oxygen atoms in total. The first kappa shape index (κ1) is 22.2. The van der Waals surface area contributed by atoms with Crippen molar-refractivity contribution in [2.24, 2.45) is 5.92 Å². The first-order valence-electron chi connectivity index (χ1n) is 10.7. The number of carbonyl (C=O) groups is 1. The van der Waals surface area contributed by atoms with E-state index in [0.29, 0.717) is 19.6 Å². The van der Waals surface area contributed by atoms with Crippen LogP contribution >= 0.6 is 0 Å². The lowest BCUT2D eigenvalue weighted by Gasteiger charge is -2.38. The summed E-state index contributed by atoms with van der Waals surface area (Å²) in [6, 6.07) is 15.5. The Bertz CT molecular complexity index is 922. The van der Waals surface area contributed by atoms with E-state index in [4.69, 9.17) is 18.9 Å². The van der Waals surface area contributed by atoms with E-state index in [0.717, 1.165) is 13.1 Å². The molecule has 4 atom stereocenters. The average molecular weight is 442 g/mol. The predicted octanol–water partition coefficient (Wildman–Crippen LogP) is 3.76. The van der Waals surface area contributed by atoms with Crippen molar-refractivity contribution in [3.8, 4) is 5.75 Å². The fourth-order valence-electron chi connectivity index (χ4n) is 4.32. The summed E-state index contributed by atoms with van der Waals surface area (Å²) >= 11 is 0. The molecule has 0 spiro atoms. The van der Waals surface area contributed by atoms with Gasteiger partial charge in [0.05, 0.1) is 24.1 Å². The zero-order valence-electron chi connectivity index (χ0n) is 17.8. The Labute approximate surface area is 186 Å². The predicted molar refractivity (Wildman–Crippen MR) is 114 cm³/mol. The van der Waals surface area contributed by atoms with Crippen molar-refractivity contribution >= 4 is 11.8 Å². The fraction of sp³-hybridized carbons (Fsp3) is 0.435. The largest absolute Gasteiger partial charge is 0.514 e. The van der Waals surface area contributed by atoms with Crippen LogP contribution < -0.4 is 4.74 Å². The highest BCUT2D eigenvalue weighted by molar-refractivity contribution is 5.64. The number of carbonyl (C=O) groups excluding carboxylic acids is 1. The number of hydrogen-bond donors (Lipinski definition) is 0. The molecular weight excluding hydrogens is 416 g/mol. The molecule has 2 aromatic carbocycles. The maximum absolute atomic E-state index is 12.5. The summed E-state index contributed by atoms with van der Waals surface area (Å²) in [5.74, 6) is 0.0412. The maximum atomic E-state index is 12.5. The highest BCUT2D eigenvalue weighted by Gasteiger charge is 2.49. The topological polar surface area (TPSA) is 100 Å². The molecule has 0 N–H and O–H groups in total. The number of hydrogen-bond acceptors (Lipinski definition) is 8. The van der Waals surface area contributed by atoms with Crippen LogP contribution in [0.25, 0.3) is 0 Å². The molecular formula is C23H26N2O7. The van der Waals surface area contributed by atoms with Crippen LogP contribution in [0.3, 0.4) is 0 Å². The first-order valence-corrected chi connectivity index (χ1v) is 10.7. The summed E-state index contributed by atoms with van der Waals surface area (Å²) in [4.78, 5) is 25.0. The number of likely N-dealkylation sites (N-methyl/N-ethyl adjacent to an activating group) is 1. The number of nitro groups is 1. The maximum Gasteiger partial charge on any atom is 0.514 e. The van der Waals surface area contributed by atoms with Crippen molar-refractivity contribution in [2.45, 2.75) is 38.3 Å². The molecule has 2 saturated heterocycles. The summed E-state index contributed by atoms with van der Waals surface area (Å²) in [5.41, 5.74) is 1.12. The SMILES string of the molecule is CCN(Cc1ccccc1)[C@H]1CO[C@@H]2OCC[C@H](OC(=O)Oc3ccc([N+](=O)[O-])cc3)[C@H]21. The molecule has 2 heterocycles. The van der Waals surface area contributed by atoms with E-state index in [-0.39, 0.29) is 23.4 Å². The molecule has 0 aromatic heterocycles. The van der Waals surface area contributed by atoms with E-state index >= 15 is 0 Å². The molecule has 2 aliphatic rings. The molecule has 32 heavy (non-hydrogen) atoms. The third-order valence-electron chi connectivity index (χ3n) is 5.90. The molecule has 0 amide bonds. The van der Waals surface area contributed by atoms with Crippen molar-refractivity contribution in [3.63, 3.8) is 0 Å². The van der Waals surface area contributed by atoms with Crippen molar-refractivity contribution in [1.82, 2.24) is 4.90 Å². The van der Waals surface area contributed by atoms with E-state index in [2.05, 4.69) is 24.0 Å². The molecule has 0 unspecified atom stereocenters. The van der Waals surface area contributed by atoms with Crippen molar-refractivity contribution in [1.29, 1.82) is 0 Å². The van der Waals surface area contributed by atoms with Gasteiger partial charge in [0.25, 0.3) is 5.69 Å². The summed E-state index contributed by atoms with van der Waals surface area (Å²) in [5, 5.41) is 10.8. The van der Waals surface area contributed by atoms with Gasteiger partial charge in [0.1, 0.15) is 11.9 Å². The van der Waals surface area contributed by atoms with Crippen LogP contribution in [-0.4, -0.2) is 54.2 Å². The Morgan fingerprint density at radius 2 is 1.91 bits per heavy atom. The molecule has 9 heteroatoms. The Hall–Kier alpha value is -3.01.